The minimum atomic E-state index is -1.36. The zero-order valence-corrected chi connectivity index (χ0v) is 16.6. The van der Waals surface area contributed by atoms with Gasteiger partial charge in [-0.25, -0.2) is 0 Å². The van der Waals surface area contributed by atoms with E-state index in [-0.39, 0.29) is 37.0 Å². The van der Waals surface area contributed by atoms with Crippen LogP contribution in [-0.4, -0.2) is 69.9 Å². The second-order valence-corrected chi connectivity index (χ2v) is 7.96. The van der Waals surface area contributed by atoms with Gasteiger partial charge in [-0.1, -0.05) is 39.0 Å². The molecule has 0 unspecified atom stereocenters. The third kappa shape index (κ3) is 10.7. The summed E-state index contributed by atoms with van der Waals surface area (Å²) in [6.45, 7) is 5.10. The summed E-state index contributed by atoms with van der Waals surface area (Å²) in [6.07, 6.45) is -0.388. The topological polar surface area (TPSA) is 136 Å². The van der Waals surface area contributed by atoms with Crippen molar-refractivity contribution in [2.75, 3.05) is 25.4 Å². The summed E-state index contributed by atoms with van der Waals surface area (Å²) >= 11 is 1.07. The van der Waals surface area contributed by atoms with Crippen LogP contribution in [0.3, 0.4) is 0 Å². The molecule has 0 saturated heterocycles. The summed E-state index contributed by atoms with van der Waals surface area (Å²) in [4.78, 5) is 35.0. The Kier molecular flexibility index (Phi) is 12.5. The van der Waals surface area contributed by atoms with Crippen LogP contribution in [0.2, 0.25) is 0 Å². The highest BCUT2D eigenvalue weighted by Crippen LogP contribution is 2.19. The Bertz CT molecular complexity index is 459. The fourth-order valence-electron chi connectivity index (χ4n) is 1.97. The molecule has 152 valence electrons. The molecule has 0 aromatic carbocycles. The zero-order chi connectivity index (χ0) is 20.2. The molecule has 0 bridgehead atoms. The number of amides is 2. The standard InChI is InChI=1S/C17H32N2O6S/c1-4-5-12(21)10-14(23)26-9-8-18-13(22)6-7-19-16(25)15(24)17(2,3)11-20/h12,15,20-21,24H,4-11H2,1-3H3,(H,18,22)(H,19,25)/t12-,15-/m0/s1. The Hall–Kier alpha value is -1.16. The van der Waals surface area contributed by atoms with E-state index in [1.165, 1.54) is 0 Å². The predicted octanol–water partition coefficient (Wildman–Crippen LogP) is -0.201. The van der Waals surface area contributed by atoms with Crippen LogP contribution in [-0.2, 0) is 14.4 Å². The number of aliphatic hydroxyl groups excluding tert-OH is 3. The van der Waals surface area contributed by atoms with Gasteiger partial charge in [0.2, 0.25) is 11.8 Å². The van der Waals surface area contributed by atoms with Crippen molar-refractivity contribution in [3.05, 3.63) is 0 Å². The van der Waals surface area contributed by atoms with Crippen LogP contribution in [0.25, 0.3) is 0 Å². The van der Waals surface area contributed by atoms with Gasteiger partial charge in [-0.2, -0.15) is 0 Å². The molecule has 8 nitrogen and oxygen atoms in total. The lowest BCUT2D eigenvalue weighted by atomic mass is 9.87. The van der Waals surface area contributed by atoms with Crippen molar-refractivity contribution in [3.63, 3.8) is 0 Å². The van der Waals surface area contributed by atoms with Crippen molar-refractivity contribution in [1.29, 1.82) is 0 Å². The lowest BCUT2D eigenvalue weighted by molar-refractivity contribution is -0.137. The molecular formula is C17H32N2O6S. The van der Waals surface area contributed by atoms with Crippen LogP contribution in [0.15, 0.2) is 0 Å². The molecule has 9 heteroatoms. The number of rotatable bonds is 13. The molecule has 2 atom stereocenters. The fourth-order valence-corrected chi connectivity index (χ4v) is 2.71. The molecule has 0 aliphatic heterocycles. The fraction of sp³-hybridized carbons (Fsp3) is 0.824. The molecule has 5 N–H and O–H groups in total. The van der Waals surface area contributed by atoms with E-state index in [0.29, 0.717) is 18.7 Å². The summed E-state index contributed by atoms with van der Waals surface area (Å²) in [5.74, 6) is -0.497. The average molecular weight is 393 g/mol. The second kappa shape index (κ2) is 13.1. The van der Waals surface area contributed by atoms with Gasteiger partial charge >= 0.3 is 0 Å². The minimum Gasteiger partial charge on any atom is -0.396 e. The summed E-state index contributed by atoms with van der Waals surface area (Å²) in [5, 5.41) is 33.4. The third-order valence-corrected chi connectivity index (χ3v) is 4.66. The molecule has 0 aromatic heterocycles. The average Bonchev–Trinajstić information content (AvgIpc) is 2.58. The molecule has 0 aliphatic rings. The quantitative estimate of drug-likeness (QED) is 0.274. The van der Waals surface area contributed by atoms with Crippen molar-refractivity contribution < 1.29 is 29.7 Å². The van der Waals surface area contributed by atoms with E-state index in [9.17, 15) is 24.6 Å². The molecular weight excluding hydrogens is 360 g/mol. The molecule has 0 saturated carbocycles. The summed E-state index contributed by atoms with van der Waals surface area (Å²) < 4.78 is 0. The maximum atomic E-state index is 11.7. The smallest absolute Gasteiger partial charge is 0.249 e. The van der Waals surface area contributed by atoms with Gasteiger partial charge in [-0.3, -0.25) is 14.4 Å². The monoisotopic (exact) mass is 392 g/mol. The predicted molar refractivity (Wildman–Crippen MR) is 101 cm³/mol. The van der Waals surface area contributed by atoms with Gasteiger partial charge in [0.15, 0.2) is 5.12 Å². The van der Waals surface area contributed by atoms with Crippen LogP contribution in [0, 0.1) is 5.41 Å². The lowest BCUT2D eigenvalue weighted by Gasteiger charge is -2.27. The Balaban J connectivity index is 3.84. The second-order valence-electron chi connectivity index (χ2n) is 6.81. The first-order chi connectivity index (χ1) is 12.1. The Morgan fingerprint density at radius 3 is 2.35 bits per heavy atom. The third-order valence-electron chi connectivity index (χ3n) is 3.76. The highest BCUT2D eigenvalue weighted by molar-refractivity contribution is 8.13. The first kappa shape index (κ1) is 24.8. The van der Waals surface area contributed by atoms with Crippen LogP contribution in [0.4, 0.5) is 0 Å². The molecule has 0 spiro atoms. The van der Waals surface area contributed by atoms with Crippen molar-refractivity contribution in [1.82, 2.24) is 10.6 Å². The first-order valence-corrected chi connectivity index (χ1v) is 9.79. The molecule has 0 radical (unpaired) electrons. The van der Waals surface area contributed by atoms with Crippen LogP contribution in [0.5, 0.6) is 0 Å². The van der Waals surface area contributed by atoms with E-state index < -0.39 is 23.5 Å². The van der Waals surface area contributed by atoms with E-state index in [1.54, 1.807) is 13.8 Å². The van der Waals surface area contributed by atoms with Crippen LogP contribution >= 0.6 is 11.8 Å². The van der Waals surface area contributed by atoms with Crippen molar-refractivity contribution in [2.24, 2.45) is 5.41 Å². The van der Waals surface area contributed by atoms with E-state index in [0.717, 1.165) is 18.2 Å². The molecule has 26 heavy (non-hydrogen) atoms. The molecule has 0 fully saturated rings. The number of hydrogen-bond donors (Lipinski definition) is 5. The lowest BCUT2D eigenvalue weighted by Crippen LogP contribution is -2.46. The van der Waals surface area contributed by atoms with Crippen LogP contribution in [0.1, 0.15) is 46.5 Å². The number of carbonyl (C=O) groups excluding carboxylic acids is 3. The highest BCUT2D eigenvalue weighted by atomic mass is 32.2. The Morgan fingerprint density at radius 2 is 1.77 bits per heavy atom. The van der Waals surface area contributed by atoms with Crippen molar-refractivity contribution >= 4 is 28.7 Å². The Labute approximate surface area is 159 Å². The number of hydrogen-bond acceptors (Lipinski definition) is 7. The SMILES string of the molecule is CCC[C@H](O)CC(=O)SCCNC(=O)CCNC(=O)[C@H](O)C(C)(C)CO. The molecule has 0 heterocycles. The first-order valence-electron chi connectivity index (χ1n) is 8.81. The minimum absolute atomic E-state index is 0.0475. The van der Waals surface area contributed by atoms with Gasteiger partial charge in [0.1, 0.15) is 6.10 Å². The van der Waals surface area contributed by atoms with Gasteiger partial charge in [0.05, 0.1) is 12.7 Å². The van der Waals surface area contributed by atoms with Crippen LogP contribution < -0.4 is 10.6 Å². The molecule has 2 amide bonds. The highest BCUT2D eigenvalue weighted by Gasteiger charge is 2.32. The van der Waals surface area contributed by atoms with Gasteiger partial charge in [-0.05, 0) is 6.42 Å². The van der Waals surface area contributed by atoms with E-state index >= 15 is 0 Å². The van der Waals surface area contributed by atoms with Gasteiger partial charge in [-0.15, -0.1) is 0 Å². The van der Waals surface area contributed by atoms with Gasteiger partial charge < -0.3 is 26.0 Å². The summed E-state index contributed by atoms with van der Waals surface area (Å²) in [5.41, 5.74) is -0.958. The largest absolute Gasteiger partial charge is 0.396 e. The Morgan fingerprint density at radius 1 is 1.12 bits per heavy atom. The van der Waals surface area contributed by atoms with E-state index in [2.05, 4.69) is 10.6 Å². The van der Waals surface area contributed by atoms with E-state index in [1.807, 2.05) is 6.92 Å². The maximum Gasteiger partial charge on any atom is 0.249 e. The summed E-state index contributed by atoms with van der Waals surface area (Å²) in [6, 6.07) is 0. The van der Waals surface area contributed by atoms with Gasteiger partial charge in [0, 0.05) is 37.1 Å². The number of nitrogens with one attached hydrogen (secondary N) is 2. The zero-order valence-electron chi connectivity index (χ0n) is 15.8. The normalized spacial score (nSPS) is 13.8. The van der Waals surface area contributed by atoms with Gasteiger partial charge in [0.25, 0.3) is 0 Å². The molecule has 0 rings (SSSR count). The van der Waals surface area contributed by atoms with E-state index in [4.69, 9.17) is 5.11 Å². The maximum absolute atomic E-state index is 11.7. The van der Waals surface area contributed by atoms with Crippen molar-refractivity contribution in [3.8, 4) is 0 Å². The number of carbonyl (C=O) groups is 3. The van der Waals surface area contributed by atoms with Crippen molar-refractivity contribution in [2.45, 2.75) is 58.7 Å². The number of thioether (sulfide) groups is 1. The summed E-state index contributed by atoms with van der Waals surface area (Å²) in [7, 11) is 0. The molecule has 0 aliphatic carbocycles. The molecule has 0 aromatic rings. The number of aliphatic hydroxyl groups is 3.